The van der Waals surface area contributed by atoms with Crippen molar-refractivity contribution in [2.24, 2.45) is 0 Å². The largest absolute Gasteiger partial charge is 0.454 e. The van der Waals surface area contributed by atoms with Crippen LogP contribution < -0.4 is 14.8 Å². The lowest BCUT2D eigenvalue weighted by Crippen LogP contribution is -1.99. The van der Waals surface area contributed by atoms with Crippen molar-refractivity contribution in [2.45, 2.75) is 6.54 Å². The molecule has 1 aliphatic heterocycles. The van der Waals surface area contributed by atoms with Crippen LogP contribution in [0.1, 0.15) is 11.3 Å². The molecule has 0 bridgehead atoms. The number of ether oxygens (including phenoxy) is 2. The number of aromatic nitrogens is 1. The fourth-order valence-electron chi connectivity index (χ4n) is 2.50. The molecule has 7 heteroatoms. The van der Waals surface area contributed by atoms with Crippen molar-refractivity contribution in [1.29, 1.82) is 5.26 Å². The lowest BCUT2D eigenvalue weighted by atomic mass is 10.2. The fraction of sp³-hybridized carbons (Fsp3) is 0.111. The Labute approximate surface area is 142 Å². The average molecular weight is 337 g/mol. The minimum absolute atomic E-state index is 0.0582. The molecule has 4 rings (SSSR count). The number of benzene rings is 2. The molecule has 1 aliphatic rings. The van der Waals surface area contributed by atoms with Crippen LogP contribution >= 0.6 is 0 Å². The monoisotopic (exact) mass is 337 g/mol. The van der Waals surface area contributed by atoms with Crippen molar-refractivity contribution >= 4 is 5.88 Å². The number of nitrogens with zero attached hydrogens (tertiary/aromatic N) is 2. The van der Waals surface area contributed by atoms with E-state index in [0.29, 0.717) is 18.0 Å². The minimum Gasteiger partial charge on any atom is -0.454 e. The summed E-state index contributed by atoms with van der Waals surface area (Å²) in [6, 6.07) is 13.6. The van der Waals surface area contributed by atoms with Gasteiger partial charge >= 0.3 is 0 Å². The molecule has 0 saturated heterocycles. The molecule has 0 saturated carbocycles. The van der Waals surface area contributed by atoms with Crippen LogP contribution in [0.3, 0.4) is 0 Å². The quantitative estimate of drug-likeness (QED) is 0.782. The third-order valence-electron chi connectivity index (χ3n) is 3.73. The normalized spacial score (nSPS) is 12.0. The number of fused-ring (bicyclic) bond motifs is 1. The summed E-state index contributed by atoms with van der Waals surface area (Å²) < 4.78 is 30.0. The highest BCUT2D eigenvalue weighted by atomic mass is 19.1. The Balaban J connectivity index is 1.57. The third-order valence-corrected chi connectivity index (χ3v) is 3.73. The maximum Gasteiger partial charge on any atom is 0.233 e. The molecule has 2 aromatic carbocycles. The van der Waals surface area contributed by atoms with E-state index in [4.69, 9.17) is 13.9 Å². The Morgan fingerprint density at radius 2 is 2.00 bits per heavy atom. The summed E-state index contributed by atoms with van der Waals surface area (Å²) in [7, 11) is 0. The first-order chi connectivity index (χ1) is 12.2. The molecule has 0 aliphatic carbocycles. The van der Waals surface area contributed by atoms with Crippen LogP contribution in [0.4, 0.5) is 10.3 Å². The van der Waals surface area contributed by atoms with Gasteiger partial charge in [0.05, 0.1) is 5.56 Å². The summed E-state index contributed by atoms with van der Waals surface area (Å²) in [6.45, 7) is 0.593. The van der Waals surface area contributed by atoms with Gasteiger partial charge in [-0.05, 0) is 29.8 Å². The second kappa shape index (κ2) is 6.17. The Hall–Kier alpha value is -3.53. The van der Waals surface area contributed by atoms with Gasteiger partial charge in [-0.15, -0.1) is 0 Å². The lowest BCUT2D eigenvalue weighted by Gasteiger charge is -2.04. The second-order valence-corrected chi connectivity index (χ2v) is 5.33. The van der Waals surface area contributed by atoms with Crippen molar-refractivity contribution < 1.29 is 18.3 Å². The molecule has 1 N–H and O–H groups in total. The standard InChI is InChI=1S/C18H12FN3O3/c19-13-4-2-1-3-12(13)17-22-14(8-20)18(25-17)21-9-11-5-6-15-16(7-11)24-10-23-15/h1-7,21H,9-10H2. The number of nitrogens with one attached hydrogen (secondary N) is 1. The molecule has 0 amide bonds. The van der Waals surface area contributed by atoms with E-state index in [-0.39, 0.29) is 29.8 Å². The van der Waals surface area contributed by atoms with Gasteiger partial charge in [-0.3, -0.25) is 0 Å². The van der Waals surface area contributed by atoms with Crippen molar-refractivity contribution in [2.75, 3.05) is 12.1 Å². The van der Waals surface area contributed by atoms with Gasteiger partial charge in [-0.25, -0.2) is 4.39 Å². The molecule has 2 heterocycles. The number of rotatable bonds is 4. The van der Waals surface area contributed by atoms with Gasteiger partial charge in [0.15, 0.2) is 11.5 Å². The number of anilines is 1. The van der Waals surface area contributed by atoms with Gasteiger partial charge in [0, 0.05) is 6.54 Å². The van der Waals surface area contributed by atoms with Crippen molar-refractivity contribution in [3.8, 4) is 29.0 Å². The van der Waals surface area contributed by atoms with E-state index in [0.717, 1.165) is 5.56 Å². The summed E-state index contributed by atoms with van der Waals surface area (Å²) in [5, 5.41) is 12.2. The van der Waals surface area contributed by atoms with Gasteiger partial charge in [0.2, 0.25) is 24.3 Å². The van der Waals surface area contributed by atoms with Crippen molar-refractivity contribution in [3.05, 3.63) is 59.5 Å². The van der Waals surface area contributed by atoms with E-state index < -0.39 is 5.82 Å². The molecule has 0 atom stereocenters. The molecule has 0 spiro atoms. The average Bonchev–Trinajstić information content (AvgIpc) is 3.26. The number of hydrogen-bond donors (Lipinski definition) is 1. The first-order valence-corrected chi connectivity index (χ1v) is 7.53. The molecule has 124 valence electrons. The van der Waals surface area contributed by atoms with E-state index in [2.05, 4.69) is 10.3 Å². The van der Waals surface area contributed by atoms with Crippen LogP contribution in [-0.4, -0.2) is 11.8 Å². The van der Waals surface area contributed by atoms with Crippen LogP contribution in [0.2, 0.25) is 0 Å². The van der Waals surface area contributed by atoms with E-state index in [9.17, 15) is 9.65 Å². The van der Waals surface area contributed by atoms with Crippen LogP contribution in [0.15, 0.2) is 46.9 Å². The first kappa shape index (κ1) is 15.0. The summed E-state index contributed by atoms with van der Waals surface area (Å²) in [4.78, 5) is 4.05. The van der Waals surface area contributed by atoms with E-state index in [1.54, 1.807) is 18.2 Å². The zero-order chi connectivity index (χ0) is 17.2. The van der Waals surface area contributed by atoms with Crippen LogP contribution in [0, 0.1) is 17.1 Å². The van der Waals surface area contributed by atoms with Crippen molar-refractivity contribution in [1.82, 2.24) is 4.98 Å². The number of hydrogen-bond acceptors (Lipinski definition) is 6. The smallest absolute Gasteiger partial charge is 0.233 e. The molecule has 0 radical (unpaired) electrons. The predicted octanol–water partition coefficient (Wildman–Crippen LogP) is 3.69. The number of nitriles is 1. The Bertz CT molecular complexity index is 978. The van der Waals surface area contributed by atoms with Gasteiger partial charge in [-0.2, -0.15) is 10.2 Å². The second-order valence-electron chi connectivity index (χ2n) is 5.33. The highest BCUT2D eigenvalue weighted by Crippen LogP contribution is 2.33. The van der Waals surface area contributed by atoms with Gasteiger partial charge < -0.3 is 19.2 Å². The molecular formula is C18H12FN3O3. The fourth-order valence-corrected chi connectivity index (χ4v) is 2.50. The highest BCUT2D eigenvalue weighted by molar-refractivity contribution is 5.59. The predicted molar refractivity (Wildman–Crippen MR) is 86.5 cm³/mol. The minimum atomic E-state index is -0.462. The molecular weight excluding hydrogens is 325 g/mol. The van der Waals surface area contributed by atoms with E-state index >= 15 is 0 Å². The zero-order valence-electron chi connectivity index (χ0n) is 13.0. The lowest BCUT2D eigenvalue weighted by molar-refractivity contribution is 0.174. The zero-order valence-corrected chi connectivity index (χ0v) is 13.0. The topological polar surface area (TPSA) is 80.3 Å². The van der Waals surface area contributed by atoms with Gasteiger partial charge in [0.25, 0.3) is 0 Å². The third kappa shape index (κ3) is 2.85. The molecule has 6 nitrogen and oxygen atoms in total. The summed E-state index contributed by atoms with van der Waals surface area (Å²) in [5.41, 5.74) is 1.19. The summed E-state index contributed by atoms with van der Waals surface area (Å²) >= 11 is 0. The Morgan fingerprint density at radius 1 is 1.16 bits per heavy atom. The van der Waals surface area contributed by atoms with Crippen LogP contribution in [0.25, 0.3) is 11.5 Å². The van der Waals surface area contributed by atoms with E-state index in [1.165, 1.54) is 6.07 Å². The van der Waals surface area contributed by atoms with Crippen LogP contribution in [0.5, 0.6) is 11.5 Å². The Kier molecular flexibility index (Phi) is 3.71. The maximum atomic E-state index is 13.9. The molecule has 25 heavy (non-hydrogen) atoms. The highest BCUT2D eigenvalue weighted by Gasteiger charge is 2.17. The Morgan fingerprint density at radius 3 is 2.84 bits per heavy atom. The van der Waals surface area contributed by atoms with Crippen molar-refractivity contribution in [3.63, 3.8) is 0 Å². The molecule has 0 fully saturated rings. The van der Waals surface area contributed by atoms with Gasteiger partial charge in [0.1, 0.15) is 11.9 Å². The molecule has 0 unspecified atom stereocenters. The van der Waals surface area contributed by atoms with E-state index in [1.807, 2.05) is 24.3 Å². The maximum absolute atomic E-state index is 13.9. The summed E-state index contributed by atoms with van der Waals surface area (Å²) in [5.74, 6) is 1.16. The summed E-state index contributed by atoms with van der Waals surface area (Å²) in [6.07, 6.45) is 0. The first-order valence-electron chi connectivity index (χ1n) is 7.53. The van der Waals surface area contributed by atoms with Crippen LogP contribution in [-0.2, 0) is 6.54 Å². The molecule has 3 aromatic rings. The van der Waals surface area contributed by atoms with Gasteiger partial charge in [-0.1, -0.05) is 18.2 Å². The molecule has 1 aromatic heterocycles. The SMILES string of the molecule is N#Cc1nc(-c2ccccc2F)oc1NCc1ccc2c(c1)OCO2. The number of oxazole rings is 1. The number of halogens is 1.